The van der Waals surface area contributed by atoms with Crippen molar-refractivity contribution in [2.45, 2.75) is 32.9 Å². The number of carboxylic acid groups (broad SMARTS) is 1. The maximum absolute atomic E-state index is 12.7. The molecule has 7 heteroatoms. The Morgan fingerprint density at radius 3 is 2.38 bits per heavy atom. The van der Waals surface area contributed by atoms with E-state index in [1.165, 1.54) is 0 Å². The molecule has 4 N–H and O–H groups in total. The predicted molar refractivity (Wildman–Crippen MR) is 107 cm³/mol. The highest BCUT2D eigenvalue weighted by Gasteiger charge is 2.29. The van der Waals surface area contributed by atoms with E-state index in [9.17, 15) is 19.5 Å². The van der Waals surface area contributed by atoms with Crippen molar-refractivity contribution in [3.8, 4) is 5.75 Å². The number of nitrogens with zero attached hydrogens (tertiary/aromatic N) is 1. The minimum absolute atomic E-state index is 0.201. The van der Waals surface area contributed by atoms with E-state index in [-0.39, 0.29) is 17.7 Å². The van der Waals surface area contributed by atoms with Gasteiger partial charge < -0.3 is 14.4 Å². The molecule has 150 valence electrons. The molecular formula is C22H23N2O5+. The summed E-state index contributed by atoms with van der Waals surface area (Å²) in [6, 6.07) is 14.9. The average molecular weight is 395 g/mol. The van der Waals surface area contributed by atoms with Gasteiger partial charge in [-0.2, -0.15) is 0 Å². The third kappa shape index (κ3) is 3.90. The number of ether oxygens (including phenoxy) is 1. The highest BCUT2D eigenvalue weighted by Crippen LogP contribution is 2.35. The Balaban J connectivity index is 2.24. The van der Waals surface area contributed by atoms with Gasteiger partial charge in [0.2, 0.25) is 0 Å². The monoisotopic (exact) mass is 395 g/mol. The number of carbonyl (C=O) groups excluding carboxylic acids is 2. The number of Topliss-reactive ketones (excluding diaryl/α,β-unsaturated/α-hetero) is 1. The summed E-state index contributed by atoms with van der Waals surface area (Å²) in [6.45, 7) is 3.95. The number of benzene rings is 2. The molecule has 0 aliphatic heterocycles. The predicted octanol–water partition coefficient (Wildman–Crippen LogP) is 2.19. The summed E-state index contributed by atoms with van der Waals surface area (Å²) in [6.07, 6.45) is -0.802. The van der Waals surface area contributed by atoms with E-state index in [1.807, 2.05) is 41.0 Å². The Morgan fingerprint density at radius 1 is 1.10 bits per heavy atom. The number of fused-ring (bicyclic) bond motifs is 1. The SMILES string of the molecule is CCC(Oc1cccc2c1c(C(=O)C([NH3+])=O)c(C)n2Cc1ccccc1)C(=O)O. The first-order valence-electron chi connectivity index (χ1n) is 9.31. The number of carboxylic acids is 1. The number of rotatable bonds is 8. The van der Waals surface area contributed by atoms with Gasteiger partial charge in [-0.25, -0.2) is 9.59 Å². The van der Waals surface area contributed by atoms with Crippen LogP contribution in [0.25, 0.3) is 10.9 Å². The average Bonchev–Trinajstić information content (AvgIpc) is 2.98. The van der Waals surface area contributed by atoms with Gasteiger partial charge in [0.15, 0.2) is 6.10 Å². The minimum atomic E-state index is -1.09. The fourth-order valence-electron chi connectivity index (χ4n) is 3.44. The molecule has 3 aromatic rings. The van der Waals surface area contributed by atoms with Crippen molar-refractivity contribution in [3.05, 3.63) is 65.4 Å². The Labute approximate surface area is 167 Å². The summed E-state index contributed by atoms with van der Waals surface area (Å²) in [5.41, 5.74) is 5.77. The van der Waals surface area contributed by atoms with Gasteiger partial charge in [-0.3, -0.25) is 10.5 Å². The van der Waals surface area contributed by atoms with Gasteiger partial charge in [-0.15, -0.1) is 0 Å². The van der Waals surface area contributed by atoms with Crippen LogP contribution in [0.5, 0.6) is 5.75 Å². The first-order valence-corrected chi connectivity index (χ1v) is 9.31. The minimum Gasteiger partial charge on any atom is -0.479 e. The van der Waals surface area contributed by atoms with Crippen LogP contribution in [0.4, 0.5) is 0 Å². The number of carbonyl (C=O) groups is 3. The second-order valence-electron chi connectivity index (χ2n) is 6.79. The number of aromatic nitrogens is 1. The van der Waals surface area contributed by atoms with Crippen molar-refractivity contribution in [1.29, 1.82) is 0 Å². The Kier molecular flexibility index (Phi) is 5.79. The fraction of sp³-hybridized carbons (Fsp3) is 0.227. The lowest BCUT2D eigenvalue weighted by Gasteiger charge is -2.14. The largest absolute Gasteiger partial charge is 0.479 e. The van der Waals surface area contributed by atoms with Crippen LogP contribution in [-0.4, -0.2) is 33.4 Å². The van der Waals surface area contributed by atoms with E-state index in [4.69, 9.17) is 4.74 Å². The van der Waals surface area contributed by atoms with Gasteiger partial charge in [-0.1, -0.05) is 43.3 Å². The molecule has 2 aromatic carbocycles. The van der Waals surface area contributed by atoms with E-state index in [1.54, 1.807) is 26.0 Å². The lowest BCUT2D eigenvalue weighted by atomic mass is 10.1. The molecule has 7 nitrogen and oxygen atoms in total. The summed E-state index contributed by atoms with van der Waals surface area (Å²) >= 11 is 0. The molecule has 0 spiro atoms. The summed E-state index contributed by atoms with van der Waals surface area (Å²) < 4.78 is 7.66. The third-order valence-electron chi connectivity index (χ3n) is 4.89. The van der Waals surface area contributed by atoms with Crippen LogP contribution < -0.4 is 10.5 Å². The van der Waals surface area contributed by atoms with E-state index >= 15 is 0 Å². The number of hydrogen-bond acceptors (Lipinski definition) is 4. The molecule has 1 unspecified atom stereocenters. The number of amides is 1. The second-order valence-corrected chi connectivity index (χ2v) is 6.79. The molecule has 0 saturated heterocycles. The Bertz CT molecular complexity index is 1090. The molecule has 3 rings (SSSR count). The molecule has 0 bridgehead atoms. The fourth-order valence-corrected chi connectivity index (χ4v) is 3.44. The van der Waals surface area contributed by atoms with Crippen LogP contribution in [0.1, 0.15) is 35.0 Å². The number of quaternary nitrogens is 1. The zero-order valence-corrected chi connectivity index (χ0v) is 16.3. The maximum atomic E-state index is 12.7. The van der Waals surface area contributed by atoms with E-state index in [2.05, 4.69) is 5.73 Å². The third-order valence-corrected chi connectivity index (χ3v) is 4.89. The van der Waals surface area contributed by atoms with Crippen molar-refractivity contribution >= 4 is 28.6 Å². The normalized spacial score (nSPS) is 12.0. The quantitative estimate of drug-likeness (QED) is 0.448. The standard InChI is InChI=1S/C22H22N2O5/c1-3-16(22(27)28)29-17-11-7-10-15-19(17)18(20(25)21(23)26)13(2)24(15)12-14-8-5-4-6-9-14/h4-11,16H,3,12H2,1-2H3,(H2,23,26)(H,27,28)/p+1. The molecule has 0 saturated carbocycles. The lowest BCUT2D eigenvalue weighted by molar-refractivity contribution is -0.296. The molecule has 1 amide bonds. The van der Waals surface area contributed by atoms with Gasteiger partial charge in [0.1, 0.15) is 5.75 Å². The van der Waals surface area contributed by atoms with Gasteiger partial charge in [0.25, 0.3) is 5.78 Å². The summed E-state index contributed by atoms with van der Waals surface area (Å²) in [7, 11) is 0. The molecule has 0 fully saturated rings. The van der Waals surface area contributed by atoms with Crippen LogP contribution in [0.15, 0.2) is 48.5 Å². The van der Waals surface area contributed by atoms with Crippen LogP contribution in [0.2, 0.25) is 0 Å². The smallest absolute Gasteiger partial charge is 0.381 e. The lowest BCUT2D eigenvalue weighted by Crippen LogP contribution is -2.60. The second kappa shape index (κ2) is 8.28. The van der Waals surface area contributed by atoms with Crippen molar-refractivity contribution in [2.75, 3.05) is 0 Å². The topological polar surface area (TPSA) is 113 Å². The highest BCUT2D eigenvalue weighted by molar-refractivity contribution is 6.42. The van der Waals surface area contributed by atoms with Crippen molar-refractivity contribution < 1.29 is 30.0 Å². The number of ketones is 1. The zero-order valence-electron chi connectivity index (χ0n) is 16.3. The molecule has 0 aliphatic rings. The van der Waals surface area contributed by atoms with Crippen molar-refractivity contribution in [2.24, 2.45) is 0 Å². The van der Waals surface area contributed by atoms with E-state index < -0.39 is 23.8 Å². The first-order chi connectivity index (χ1) is 13.8. The summed E-state index contributed by atoms with van der Waals surface area (Å²) in [4.78, 5) is 35.9. The van der Waals surface area contributed by atoms with Gasteiger partial charge in [-0.05, 0) is 31.0 Å². The van der Waals surface area contributed by atoms with Crippen molar-refractivity contribution in [3.63, 3.8) is 0 Å². The first kappa shape index (κ1) is 20.3. The molecular weight excluding hydrogens is 372 g/mol. The molecule has 1 aromatic heterocycles. The molecule has 29 heavy (non-hydrogen) atoms. The summed E-state index contributed by atoms with van der Waals surface area (Å²) in [5, 5.41) is 9.80. The van der Waals surface area contributed by atoms with E-state index in [0.29, 0.717) is 23.1 Å². The molecule has 1 heterocycles. The number of aliphatic carboxylic acids is 1. The zero-order chi connectivity index (χ0) is 21.1. The Hall–Kier alpha value is -3.45. The van der Waals surface area contributed by atoms with Crippen LogP contribution in [-0.2, 0) is 16.1 Å². The van der Waals surface area contributed by atoms with Gasteiger partial charge >= 0.3 is 11.9 Å². The molecule has 0 radical (unpaired) electrons. The van der Waals surface area contributed by atoms with Crippen LogP contribution in [0, 0.1) is 6.92 Å². The highest BCUT2D eigenvalue weighted by atomic mass is 16.5. The van der Waals surface area contributed by atoms with Gasteiger partial charge in [0.05, 0.1) is 16.5 Å². The van der Waals surface area contributed by atoms with Gasteiger partial charge in [0, 0.05) is 12.2 Å². The van der Waals surface area contributed by atoms with Crippen LogP contribution >= 0.6 is 0 Å². The van der Waals surface area contributed by atoms with E-state index in [0.717, 1.165) is 5.56 Å². The Morgan fingerprint density at radius 2 is 1.79 bits per heavy atom. The number of hydrogen-bond donors (Lipinski definition) is 2. The molecule has 0 aliphatic carbocycles. The van der Waals surface area contributed by atoms with Crippen LogP contribution in [0.3, 0.4) is 0 Å². The molecule has 1 atom stereocenters. The maximum Gasteiger partial charge on any atom is 0.381 e. The summed E-state index contributed by atoms with van der Waals surface area (Å²) in [5.74, 6) is -2.38. The van der Waals surface area contributed by atoms with Crippen molar-refractivity contribution in [1.82, 2.24) is 4.57 Å².